The maximum atomic E-state index is 9.70. The topological polar surface area (TPSA) is 101 Å². The lowest BCUT2D eigenvalue weighted by Gasteiger charge is -2.21. The van der Waals surface area contributed by atoms with Crippen LogP contribution in [0.5, 0.6) is 5.88 Å². The third-order valence-corrected chi connectivity index (χ3v) is 3.03. The first kappa shape index (κ1) is 13.9. The second-order valence-corrected chi connectivity index (χ2v) is 5.35. The molecule has 6 nitrogen and oxygen atoms in total. The fourth-order valence-electron chi connectivity index (χ4n) is 1.48. The number of rotatable bonds is 7. The molecule has 0 aromatic carbocycles. The Kier molecular flexibility index (Phi) is 4.11. The number of aromatic nitrogens is 1. The zero-order valence-electron chi connectivity index (χ0n) is 11.1. The fourth-order valence-corrected chi connectivity index (χ4v) is 1.48. The molecule has 1 fully saturated rings. The number of hydrogen-bond acceptors (Lipinski definition) is 6. The van der Waals surface area contributed by atoms with Crippen LogP contribution in [0.15, 0.2) is 12.1 Å². The van der Waals surface area contributed by atoms with Crippen molar-refractivity contribution in [2.24, 2.45) is 5.92 Å². The molecule has 1 unspecified atom stereocenters. The summed E-state index contributed by atoms with van der Waals surface area (Å²) in [4.78, 5) is 4.26. The van der Waals surface area contributed by atoms with Gasteiger partial charge in [0, 0.05) is 6.54 Å². The first-order valence-electron chi connectivity index (χ1n) is 6.46. The standard InChI is InChI=1S/C13H21N3O3/c1-13(18,8-17)7-15-11-5-4-10(14)12(16-11)19-6-9-2-3-9/h4-5,9,17-18H,2-3,6-8,14H2,1H3,(H,15,16). The van der Waals surface area contributed by atoms with Crippen molar-refractivity contribution in [2.75, 3.05) is 30.8 Å². The summed E-state index contributed by atoms with van der Waals surface area (Å²) in [5.41, 5.74) is 5.12. The van der Waals surface area contributed by atoms with E-state index in [-0.39, 0.29) is 13.2 Å². The molecule has 1 aliphatic rings. The van der Waals surface area contributed by atoms with Crippen molar-refractivity contribution in [3.63, 3.8) is 0 Å². The molecule has 0 aliphatic heterocycles. The van der Waals surface area contributed by atoms with Gasteiger partial charge in [0.2, 0.25) is 5.88 Å². The van der Waals surface area contributed by atoms with E-state index >= 15 is 0 Å². The predicted octanol–water partition coefficient (Wildman–Crippen LogP) is 0.608. The molecule has 0 bridgehead atoms. The Labute approximate surface area is 112 Å². The number of anilines is 2. The summed E-state index contributed by atoms with van der Waals surface area (Å²) in [6.45, 7) is 2.07. The molecule has 6 heteroatoms. The van der Waals surface area contributed by atoms with Crippen molar-refractivity contribution in [1.82, 2.24) is 4.98 Å². The molecule has 0 amide bonds. The van der Waals surface area contributed by atoms with Gasteiger partial charge in [-0.25, -0.2) is 0 Å². The molecular formula is C13H21N3O3. The van der Waals surface area contributed by atoms with Gasteiger partial charge in [-0.2, -0.15) is 4.98 Å². The first-order chi connectivity index (χ1) is 9.00. The smallest absolute Gasteiger partial charge is 0.239 e. The third kappa shape index (κ3) is 4.25. The largest absolute Gasteiger partial charge is 0.476 e. The van der Waals surface area contributed by atoms with Crippen LogP contribution in [0.1, 0.15) is 19.8 Å². The number of nitrogens with one attached hydrogen (secondary N) is 1. The number of aliphatic hydroxyl groups excluding tert-OH is 1. The van der Waals surface area contributed by atoms with Crippen molar-refractivity contribution < 1.29 is 14.9 Å². The predicted molar refractivity (Wildman–Crippen MR) is 73.1 cm³/mol. The lowest BCUT2D eigenvalue weighted by Crippen LogP contribution is -2.37. The summed E-state index contributed by atoms with van der Waals surface area (Å²) < 4.78 is 5.57. The van der Waals surface area contributed by atoms with Gasteiger partial charge in [-0.05, 0) is 37.8 Å². The minimum Gasteiger partial charge on any atom is -0.476 e. The lowest BCUT2D eigenvalue weighted by molar-refractivity contribution is 0.0131. The number of aliphatic hydroxyl groups is 2. The minimum atomic E-state index is -1.18. The van der Waals surface area contributed by atoms with Gasteiger partial charge >= 0.3 is 0 Å². The molecule has 2 rings (SSSR count). The van der Waals surface area contributed by atoms with E-state index in [0.717, 1.165) is 0 Å². The molecule has 106 valence electrons. The van der Waals surface area contributed by atoms with Gasteiger partial charge in [-0.1, -0.05) is 0 Å². The van der Waals surface area contributed by atoms with E-state index in [1.54, 1.807) is 19.1 Å². The minimum absolute atomic E-state index is 0.197. The van der Waals surface area contributed by atoms with Crippen LogP contribution in [0.3, 0.4) is 0 Å². The van der Waals surface area contributed by atoms with Crippen molar-refractivity contribution >= 4 is 11.5 Å². The molecule has 1 heterocycles. The van der Waals surface area contributed by atoms with Crippen LogP contribution in [-0.2, 0) is 0 Å². The van der Waals surface area contributed by atoms with Crippen LogP contribution in [0, 0.1) is 5.92 Å². The van der Waals surface area contributed by atoms with Crippen molar-refractivity contribution in [2.45, 2.75) is 25.4 Å². The average Bonchev–Trinajstić information content (AvgIpc) is 3.20. The van der Waals surface area contributed by atoms with Gasteiger partial charge in [0.1, 0.15) is 11.4 Å². The highest BCUT2D eigenvalue weighted by atomic mass is 16.5. The summed E-state index contributed by atoms with van der Waals surface area (Å²) >= 11 is 0. The van der Waals surface area contributed by atoms with Gasteiger partial charge in [0.05, 0.1) is 18.9 Å². The lowest BCUT2D eigenvalue weighted by atomic mass is 10.1. The maximum absolute atomic E-state index is 9.70. The summed E-state index contributed by atoms with van der Waals surface area (Å²) in [5.74, 6) is 1.61. The highest BCUT2D eigenvalue weighted by molar-refractivity contribution is 5.53. The Balaban J connectivity index is 1.94. The Hall–Kier alpha value is -1.53. The Morgan fingerprint density at radius 3 is 2.89 bits per heavy atom. The molecule has 1 aliphatic carbocycles. The zero-order valence-corrected chi connectivity index (χ0v) is 11.1. The summed E-state index contributed by atoms with van der Waals surface area (Å²) in [6, 6.07) is 3.43. The molecular weight excluding hydrogens is 246 g/mol. The Morgan fingerprint density at radius 1 is 1.53 bits per heavy atom. The van der Waals surface area contributed by atoms with E-state index in [9.17, 15) is 5.11 Å². The van der Waals surface area contributed by atoms with Crippen LogP contribution in [0.2, 0.25) is 0 Å². The number of ether oxygens (including phenoxy) is 1. The van der Waals surface area contributed by atoms with Crippen molar-refractivity contribution in [3.05, 3.63) is 12.1 Å². The number of nitrogen functional groups attached to an aromatic ring is 1. The molecule has 19 heavy (non-hydrogen) atoms. The van der Waals surface area contributed by atoms with E-state index in [2.05, 4.69) is 10.3 Å². The van der Waals surface area contributed by atoms with Crippen LogP contribution < -0.4 is 15.8 Å². The summed E-state index contributed by atoms with van der Waals surface area (Å²) in [5, 5.41) is 21.6. The molecule has 1 aromatic rings. The SMILES string of the molecule is CC(O)(CO)CNc1ccc(N)c(OCC2CC2)n1. The number of nitrogens with zero attached hydrogens (tertiary/aromatic N) is 1. The maximum Gasteiger partial charge on any atom is 0.239 e. The van der Waals surface area contributed by atoms with E-state index in [4.69, 9.17) is 15.6 Å². The van der Waals surface area contributed by atoms with Crippen LogP contribution in [0.4, 0.5) is 11.5 Å². The molecule has 0 spiro atoms. The Morgan fingerprint density at radius 2 is 2.26 bits per heavy atom. The second kappa shape index (κ2) is 5.63. The van der Waals surface area contributed by atoms with Crippen LogP contribution in [-0.4, -0.2) is 40.6 Å². The highest BCUT2D eigenvalue weighted by Gasteiger charge is 2.23. The number of hydrogen-bond donors (Lipinski definition) is 4. The Bertz CT molecular complexity index is 433. The van der Waals surface area contributed by atoms with E-state index in [1.807, 2.05) is 0 Å². The second-order valence-electron chi connectivity index (χ2n) is 5.35. The van der Waals surface area contributed by atoms with E-state index in [1.165, 1.54) is 12.8 Å². The quantitative estimate of drug-likeness (QED) is 0.577. The highest BCUT2D eigenvalue weighted by Crippen LogP contribution is 2.30. The van der Waals surface area contributed by atoms with Gasteiger partial charge in [0.15, 0.2) is 0 Å². The molecule has 1 atom stereocenters. The van der Waals surface area contributed by atoms with Crippen molar-refractivity contribution in [3.8, 4) is 5.88 Å². The normalized spacial score (nSPS) is 17.8. The molecule has 0 saturated heterocycles. The van der Waals surface area contributed by atoms with Gasteiger partial charge in [-0.3, -0.25) is 0 Å². The zero-order chi connectivity index (χ0) is 13.9. The molecule has 1 aromatic heterocycles. The monoisotopic (exact) mass is 267 g/mol. The summed E-state index contributed by atoms with van der Waals surface area (Å²) in [6.07, 6.45) is 2.41. The van der Waals surface area contributed by atoms with Gasteiger partial charge < -0.3 is 26.0 Å². The van der Waals surface area contributed by atoms with E-state index < -0.39 is 5.60 Å². The number of nitrogens with two attached hydrogens (primary N) is 1. The molecule has 5 N–H and O–H groups in total. The van der Waals surface area contributed by atoms with Crippen LogP contribution in [0.25, 0.3) is 0 Å². The molecule has 1 saturated carbocycles. The van der Waals surface area contributed by atoms with Gasteiger partial charge in [-0.15, -0.1) is 0 Å². The first-order valence-corrected chi connectivity index (χ1v) is 6.46. The van der Waals surface area contributed by atoms with Gasteiger partial charge in [0.25, 0.3) is 0 Å². The van der Waals surface area contributed by atoms with Crippen molar-refractivity contribution in [1.29, 1.82) is 0 Å². The third-order valence-electron chi connectivity index (χ3n) is 3.03. The summed E-state index contributed by atoms with van der Waals surface area (Å²) in [7, 11) is 0. The van der Waals surface area contributed by atoms with E-state index in [0.29, 0.717) is 29.9 Å². The van der Waals surface area contributed by atoms with Crippen LogP contribution >= 0.6 is 0 Å². The fraction of sp³-hybridized carbons (Fsp3) is 0.615. The number of pyridine rings is 1. The average molecular weight is 267 g/mol. The molecule has 0 radical (unpaired) electrons.